The van der Waals surface area contributed by atoms with Gasteiger partial charge in [0.2, 0.25) is 11.5 Å². The molecule has 4 aliphatic rings. The smallest absolute Gasteiger partial charge is 0.317 e. The van der Waals surface area contributed by atoms with E-state index in [1.165, 1.54) is 12.1 Å². The number of aliphatic hydroxyl groups excluding tert-OH is 1. The zero-order valence-corrected chi connectivity index (χ0v) is 34.3. The molecule has 2 aromatic heterocycles. The molecule has 310 valence electrons. The van der Waals surface area contributed by atoms with E-state index >= 15 is 0 Å². The van der Waals surface area contributed by atoms with E-state index in [-0.39, 0.29) is 35.7 Å². The second-order valence-electron chi connectivity index (χ2n) is 16.3. The summed E-state index contributed by atoms with van der Waals surface area (Å²) in [5, 5.41) is 29.0. The number of aromatic hydroxyl groups is 1. The molecule has 2 unspecified atom stereocenters. The van der Waals surface area contributed by atoms with Gasteiger partial charge in [0.05, 0.1) is 30.1 Å². The highest BCUT2D eigenvalue weighted by Gasteiger charge is 2.47. The monoisotopic (exact) mass is 818 g/mol. The van der Waals surface area contributed by atoms with Crippen molar-refractivity contribution in [1.29, 1.82) is 0 Å². The van der Waals surface area contributed by atoms with Crippen LogP contribution >= 0.6 is 11.3 Å². The van der Waals surface area contributed by atoms with Crippen LogP contribution in [0.1, 0.15) is 67.7 Å². The van der Waals surface area contributed by atoms with Crippen molar-refractivity contribution in [3.05, 3.63) is 117 Å². The number of unbranched alkanes of at least 4 members (excludes halogenated alkanes) is 2. The van der Waals surface area contributed by atoms with E-state index in [2.05, 4.69) is 32.7 Å². The standard InChI is InChI=1S/C47H54N4O7S/c52-39-12-10-36(37-11-14-43(54)49-45(37)39)40(53)29-48-20-5-2-6-25-57-41-13-9-32(27-38(41)34-17-26-59-31-34)28-44(55)51-23-18-47(19-24-51,35-7-3-1-4-8-35)46(56)58-42-30-50-21-15-33(42)16-22-50/h1,3-4,7-14,17,26-27,31,33,40,42,48,52-53H,2,5-6,15-16,18-25,28-30H2,(H,49,54). The number of H-pyrrole nitrogens is 1. The van der Waals surface area contributed by atoms with Crippen LogP contribution in [-0.2, 0) is 26.2 Å². The Balaban J connectivity index is 0.820. The number of likely N-dealkylation sites (tertiary alicyclic amines) is 1. The molecule has 4 fully saturated rings. The highest BCUT2D eigenvalue weighted by atomic mass is 32.1. The van der Waals surface area contributed by atoms with Crippen molar-refractivity contribution >= 4 is 34.1 Å². The molecule has 0 saturated carbocycles. The van der Waals surface area contributed by atoms with Crippen molar-refractivity contribution in [2.24, 2.45) is 5.92 Å². The van der Waals surface area contributed by atoms with Crippen LogP contribution in [0, 0.1) is 5.92 Å². The van der Waals surface area contributed by atoms with Crippen molar-refractivity contribution in [1.82, 2.24) is 20.1 Å². The van der Waals surface area contributed by atoms with Gasteiger partial charge in [0, 0.05) is 43.2 Å². The zero-order valence-electron chi connectivity index (χ0n) is 33.4. The SMILES string of the molecule is O=C(Cc1ccc(OCCCCCNCC(O)c2ccc(O)c3[nH]c(=O)ccc23)c(-c2ccsc2)c1)N1CCC(C(=O)OC2CN3CCC2CC3)(c2ccccc2)CC1. The summed E-state index contributed by atoms with van der Waals surface area (Å²) < 4.78 is 12.7. The maximum atomic E-state index is 14.1. The van der Waals surface area contributed by atoms with E-state index in [1.54, 1.807) is 23.5 Å². The second kappa shape index (κ2) is 18.5. The number of piperidine rings is 4. The first-order valence-corrected chi connectivity index (χ1v) is 22.0. The number of aromatic nitrogens is 1. The third kappa shape index (κ3) is 9.26. The summed E-state index contributed by atoms with van der Waals surface area (Å²) in [5.41, 5.74) is 3.81. The van der Waals surface area contributed by atoms with Crippen LogP contribution in [0.5, 0.6) is 11.5 Å². The molecule has 1 amide bonds. The molecule has 0 aliphatic carbocycles. The zero-order chi connectivity index (χ0) is 40.8. The van der Waals surface area contributed by atoms with Gasteiger partial charge in [0.25, 0.3) is 0 Å². The van der Waals surface area contributed by atoms with Crippen LogP contribution in [-0.4, -0.2) is 95.4 Å². The lowest BCUT2D eigenvalue weighted by Gasteiger charge is -2.46. The van der Waals surface area contributed by atoms with E-state index in [1.807, 2.05) is 52.7 Å². The van der Waals surface area contributed by atoms with Gasteiger partial charge in [-0.2, -0.15) is 11.3 Å². The van der Waals surface area contributed by atoms with Crippen LogP contribution in [0.15, 0.2) is 94.4 Å². The van der Waals surface area contributed by atoms with Crippen LogP contribution in [0.2, 0.25) is 0 Å². The van der Waals surface area contributed by atoms with Crippen LogP contribution < -0.4 is 15.6 Å². The van der Waals surface area contributed by atoms with E-state index in [0.29, 0.717) is 61.5 Å². The topological polar surface area (TPSA) is 144 Å². The van der Waals surface area contributed by atoms with E-state index in [4.69, 9.17) is 9.47 Å². The number of thiophene rings is 1. The molecular formula is C47H54N4O7S. The van der Waals surface area contributed by atoms with Gasteiger partial charge in [0.15, 0.2) is 0 Å². The summed E-state index contributed by atoms with van der Waals surface area (Å²) in [6.07, 6.45) is 5.36. The molecular weight excluding hydrogens is 765 g/mol. The summed E-state index contributed by atoms with van der Waals surface area (Å²) >= 11 is 1.62. The van der Waals surface area contributed by atoms with Crippen molar-refractivity contribution < 1.29 is 29.3 Å². The fourth-order valence-electron chi connectivity index (χ4n) is 9.15. The first kappa shape index (κ1) is 40.8. The number of amides is 1. The fourth-order valence-corrected chi connectivity index (χ4v) is 9.81. The Bertz CT molecular complexity index is 2260. The van der Waals surface area contributed by atoms with Crippen LogP contribution in [0.3, 0.4) is 0 Å². The highest BCUT2D eigenvalue weighted by Crippen LogP contribution is 2.40. The minimum atomic E-state index is -0.796. The Morgan fingerprint density at radius 2 is 1.76 bits per heavy atom. The number of benzene rings is 3. The number of hydrogen-bond donors (Lipinski definition) is 4. The number of phenols is 1. The summed E-state index contributed by atoms with van der Waals surface area (Å²) in [4.78, 5) is 46.6. The summed E-state index contributed by atoms with van der Waals surface area (Å²) in [6.45, 7) is 5.61. The normalized spacial score (nSPS) is 20.4. The average Bonchev–Trinajstić information content (AvgIpc) is 3.81. The number of fused-ring (bicyclic) bond motifs is 4. The van der Waals surface area contributed by atoms with Gasteiger partial charge < -0.3 is 34.9 Å². The number of rotatable bonds is 16. The fraction of sp³-hybridized carbons (Fsp3) is 0.426. The number of pyridine rings is 1. The predicted octanol–water partition coefficient (Wildman–Crippen LogP) is 6.57. The van der Waals surface area contributed by atoms with Crippen LogP contribution in [0.25, 0.3) is 22.0 Å². The number of nitrogens with one attached hydrogen (secondary N) is 2. The molecule has 6 heterocycles. The maximum Gasteiger partial charge on any atom is 0.317 e. The van der Waals surface area contributed by atoms with Gasteiger partial charge >= 0.3 is 5.97 Å². The molecule has 59 heavy (non-hydrogen) atoms. The number of ether oxygens (including phenoxy) is 2. The van der Waals surface area contributed by atoms with E-state index < -0.39 is 11.5 Å². The quantitative estimate of drug-likeness (QED) is 0.0642. The largest absolute Gasteiger partial charge is 0.506 e. The molecule has 0 radical (unpaired) electrons. The Hall–Kier alpha value is -5.01. The van der Waals surface area contributed by atoms with Crippen molar-refractivity contribution in [3.63, 3.8) is 0 Å². The summed E-state index contributed by atoms with van der Waals surface area (Å²) in [7, 11) is 0. The van der Waals surface area contributed by atoms with Crippen molar-refractivity contribution in [3.8, 4) is 22.6 Å². The van der Waals surface area contributed by atoms with Gasteiger partial charge in [-0.05, 0) is 134 Å². The number of nitrogens with zero attached hydrogens (tertiary/aromatic N) is 2. The van der Waals surface area contributed by atoms with Crippen molar-refractivity contribution in [2.75, 3.05) is 52.4 Å². The molecule has 4 N–H and O–H groups in total. The lowest BCUT2D eigenvalue weighted by Crippen LogP contribution is -2.55. The predicted molar refractivity (Wildman–Crippen MR) is 230 cm³/mol. The highest BCUT2D eigenvalue weighted by molar-refractivity contribution is 7.08. The number of phenolic OH excluding ortho intramolecular Hbond substituents is 1. The molecule has 0 spiro atoms. The lowest BCUT2D eigenvalue weighted by atomic mass is 9.72. The maximum absolute atomic E-state index is 14.1. The van der Waals surface area contributed by atoms with Gasteiger partial charge in [-0.3, -0.25) is 19.3 Å². The molecule has 11 nitrogen and oxygen atoms in total. The number of carbonyl (C=O) groups excluding carboxylic acids is 2. The number of aliphatic hydroxyl groups is 1. The number of hydrogen-bond acceptors (Lipinski definition) is 10. The summed E-state index contributed by atoms with van der Waals surface area (Å²) in [5.74, 6) is 1.11. The molecule has 4 aliphatic heterocycles. The first-order chi connectivity index (χ1) is 28.8. The van der Waals surface area contributed by atoms with Crippen molar-refractivity contribution in [2.45, 2.75) is 69.0 Å². The minimum absolute atomic E-state index is 0.0303. The first-order valence-electron chi connectivity index (χ1n) is 21.1. The Morgan fingerprint density at radius 3 is 2.51 bits per heavy atom. The molecule has 2 atom stereocenters. The van der Waals surface area contributed by atoms with Gasteiger partial charge in [-0.25, -0.2) is 0 Å². The van der Waals surface area contributed by atoms with Crippen LogP contribution in [0.4, 0.5) is 0 Å². The molecule has 9 rings (SSSR count). The molecule has 3 aromatic carbocycles. The molecule has 4 saturated heterocycles. The van der Waals surface area contributed by atoms with Gasteiger partial charge in [0.1, 0.15) is 17.6 Å². The number of carbonyl (C=O) groups is 2. The molecule has 2 bridgehead atoms. The molecule has 5 aromatic rings. The third-order valence-electron chi connectivity index (χ3n) is 12.6. The van der Waals surface area contributed by atoms with E-state index in [9.17, 15) is 24.6 Å². The lowest BCUT2D eigenvalue weighted by molar-refractivity contribution is -0.168. The molecule has 12 heteroatoms. The number of aromatic amines is 1. The van der Waals surface area contributed by atoms with Gasteiger partial charge in [-0.1, -0.05) is 42.5 Å². The number of esters is 1. The minimum Gasteiger partial charge on any atom is -0.506 e. The Morgan fingerprint density at radius 1 is 0.949 bits per heavy atom. The average molecular weight is 819 g/mol. The van der Waals surface area contributed by atoms with Gasteiger partial charge in [-0.15, -0.1) is 0 Å². The second-order valence-corrected chi connectivity index (χ2v) is 17.1. The Kier molecular flexibility index (Phi) is 12.8. The van der Waals surface area contributed by atoms with E-state index in [0.717, 1.165) is 86.3 Å². The summed E-state index contributed by atoms with van der Waals surface area (Å²) in [6, 6.07) is 24.3. The third-order valence-corrected chi connectivity index (χ3v) is 13.3. The Labute approximate surface area is 349 Å².